The number of hydrogen-bond donors (Lipinski definition) is 0. The molecule has 3 atom stereocenters. The molecule has 0 radical (unpaired) electrons. The average molecular weight is 564 g/mol. The molecule has 0 aliphatic carbocycles. The Hall–Kier alpha value is 0.910. The van der Waals surface area contributed by atoms with E-state index in [1.807, 2.05) is 0 Å². The molecule has 0 aromatic rings. The van der Waals surface area contributed by atoms with Crippen LogP contribution in [0.3, 0.4) is 0 Å². The fourth-order valence-corrected chi connectivity index (χ4v) is 12.6. The largest absolute Gasteiger partial charge is 1.00 e. The molecule has 0 rings (SSSR count). The topological polar surface area (TPSA) is 0 Å². The Labute approximate surface area is 230 Å². The van der Waals surface area contributed by atoms with Crippen LogP contribution in [0, 0.1) is 17.8 Å². The van der Waals surface area contributed by atoms with Crippen molar-refractivity contribution in [1.82, 2.24) is 0 Å². The summed E-state index contributed by atoms with van der Waals surface area (Å²) in [6.45, 7) is 17.0. The van der Waals surface area contributed by atoms with Gasteiger partial charge in [0.2, 0.25) is 0 Å². The second kappa shape index (κ2) is 25.6. The molecule has 0 fully saturated rings. The van der Waals surface area contributed by atoms with E-state index < -0.39 is 7.26 Å². The lowest BCUT2D eigenvalue weighted by atomic mass is 10.0. The maximum atomic E-state index is 2.50. The molecule has 0 aromatic carbocycles. The van der Waals surface area contributed by atoms with Crippen LogP contribution in [-0.2, 0) is 0 Å². The summed E-state index contributed by atoms with van der Waals surface area (Å²) in [5.74, 6) is 3.02. The van der Waals surface area contributed by atoms with E-state index in [9.17, 15) is 0 Å². The third kappa shape index (κ3) is 18.2. The molecule has 0 nitrogen and oxygen atoms in total. The standard InChI is InChI=1S/C32H68P.BrH/c1-8-15-19-20-21-22-26-33(27-30(12-5)23-16-9-2,28-31(13-6)24-17-10-3)29-32(14-7)25-18-11-4;/h30-32H,8-29H2,1-7H3;1H/q+1;/p-1. The van der Waals surface area contributed by atoms with Crippen molar-refractivity contribution in [2.45, 2.75) is 164 Å². The van der Waals surface area contributed by atoms with Crippen LogP contribution in [0.25, 0.3) is 0 Å². The van der Waals surface area contributed by atoms with E-state index in [0.29, 0.717) is 0 Å². The Balaban J connectivity index is 0. The Morgan fingerprint density at radius 3 is 1.06 bits per heavy atom. The number of hydrogen-bond acceptors (Lipinski definition) is 0. The molecular weight excluding hydrogens is 495 g/mol. The Morgan fingerprint density at radius 2 is 0.735 bits per heavy atom. The van der Waals surface area contributed by atoms with E-state index in [2.05, 4.69) is 48.5 Å². The van der Waals surface area contributed by atoms with Gasteiger partial charge in [-0.2, -0.15) is 0 Å². The minimum absolute atomic E-state index is 0. The molecule has 0 bridgehead atoms. The van der Waals surface area contributed by atoms with Gasteiger partial charge in [-0.05, 0) is 69.1 Å². The third-order valence-corrected chi connectivity index (χ3v) is 13.7. The number of halogens is 1. The SMILES string of the molecule is CCCCCCCC[P+](CC(CC)CCCC)(CC(CC)CCCC)CC(CC)CCCC.[Br-]. The predicted octanol–water partition coefficient (Wildman–Crippen LogP) is 9.02. The van der Waals surface area contributed by atoms with Gasteiger partial charge >= 0.3 is 0 Å². The Morgan fingerprint density at radius 1 is 0.412 bits per heavy atom. The first kappa shape index (κ1) is 37.1. The summed E-state index contributed by atoms with van der Waals surface area (Å²) in [5.41, 5.74) is 0. The molecule has 0 heterocycles. The quantitative estimate of drug-likeness (QED) is 0.0768. The minimum Gasteiger partial charge on any atom is -1.00 e. The molecule has 0 saturated heterocycles. The molecule has 0 N–H and O–H groups in total. The summed E-state index contributed by atoms with van der Waals surface area (Å²) in [7, 11) is -0.890. The fourth-order valence-electron chi connectivity index (χ4n) is 6.12. The first-order valence-corrected chi connectivity index (χ1v) is 18.4. The third-order valence-electron chi connectivity index (χ3n) is 8.55. The summed E-state index contributed by atoms with van der Waals surface area (Å²) in [4.78, 5) is 0. The lowest BCUT2D eigenvalue weighted by molar-refractivity contribution is -0.00000777. The molecule has 0 aromatic heterocycles. The highest BCUT2D eigenvalue weighted by Crippen LogP contribution is 2.64. The first-order valence-electron chi connectivity index (χ1n) is 15.9. The van der Waals surface area contributed by atoms with Gasteiger partial charge in [0.1, 0.15) is 0 Å². The average Bonchev–Trinajstić information content (AvgIpc) is 2.84. The molecule has 0 spiro atoms. The predicted molar refractivity (Wildman–Crippen MR) is 160 cm³/mol. The van der Waals surface area contributed by atoms with Gasteiger partial charge in [-0.1, -0.05) is 113 Å². The van der Waals surface area contributed by atoms with Gasteiger partial charge in [-0.3, -0.25) is 0 Å². The van der Waals surface area contributed by atoms with Crippen molar-refractivity contribution in [3.63, 3.8) is 0 Å². The van der Waals surface area contributed by atoms with Gasteiger partial charge in [0.05, 0.1) is 24.6 Å². The van der Waals surface area contributed by atoms with Gasteiger partial charge in [0, 0.05) is 7.26 Å². The van der Waals surface area contributed by atoms with Crippen molar-refractivity contribution >= 4 is 7.26 Å². The molecule has 0 saturated carbocycles. The molecule has 3 unspecified atom stereocenters. The molecule has 0 aliphatic rings. The number of rotatable bonds is 25. The zero-order valence-corrected chi connectivity index (χ0v) is 27.6. The maximum absolute atomic E-state index is 2.50. The maximum Gasteiger partial charge on any atom is 0.0622 e. The molecule has 2 heteroatoms. The lowest BCUT2D eigenvalue weighted by Crippen LogP contribution is -3.00. The van der Waals surface area contributed by atoms with E-state index in [1.165, 1.54) is 116 Å². The van der Waals surface area contributed by atoms with Crippen LogP contribution in [0.1, 0.15) is 164 Å². The normalized spacial score (nSPS) is 16.0. The van der Waals surface area contributed by atoms with Crippen LogP contribution in [0.15, 0.2) is 0 Å². The van der Waals surface area contributed by atoms with Crippen molar-refractivity contribution in [3.8, 4) is 0 Å². The molecular formula is C32H68BrP. The van der Waals surface area contributed by atoms with Crippen molar-refractivity contribution in [3.05, 3.63) is 0 Å². The van der Waals surface area contributed by atoms with E-state index in [0.717, 1.165) is 17.8 Å². The van der Waals surface area contributed by atoms with E-state index in [4.69, 9.17) is 0 Å². The highest BCUT2D eigenvalue weighted by molar-refractivity contribution is 7.75. The second-order valence-electron chi connectivity index (χ2n) is 11.6. The van der Waals surface area contributed by atoms with Crippen LogP contribution in [0.4, 0.5) is 0 Å². The lowest BCUT2D eigenvalue weighted by Gasteiger charge is -2.36. The molecule has 0 amide bonds. The van der Waals surface area contributed by atoms with E-state index in [1.54, 1.807) is 24.6 Å². The monoisotopic (exact) mass is 562 g/mol. The zero-order valence-electron chi connectivity index (χ0n) is 25.1. The van der Waals surface area contributed by atoms with Crippen molar-refractivity contribution in [2.24, 2.45) is 17.8 Å². The van der Waals surface area contributed by atoms with Gasteiger partial charge < -0.3 is 17.0 Å². The van der Waals surface area contributed by atoms with Crippen molar-refractivity contribution < 1.29 is 17.0 Å². The van der Waals surface area contributed by atoms with Crippen LogP contribution in [0.2, 0.25) is 0 Å². The van der Waals surface area contributed by atoms with Gasteiger partial charge in [0.25, 0.3) is 0 Å². The highest BCUT2D eigenvalue weighted by Gasteiger charge is 2.42. The van der Waals surface area contributed by atoms with Crippen molar-refractivity contribution in [2.75, 3.05) is 24.6 Å². The molecule has 34 heavy (non-hydrogen) atoms. The van der Waals surface area contributed by atoms with E-state index in [-0.39, 0.29) is 17.0 Å². The van der Waals surface area contributed by atoms with Crippen molar-refractivity contribution in [1.29, 1.82) is 0 Å². The summed E-state index contributed by atoms with van der Waals surface area (Å²) in [6.07, 6.45) is 32.7. The molecule has 208 valence electrons. The van der Waals surface area contributed by atoms with Crippen LogP contribution in [0.5, 0.6) is 0 Å². The summed E-state index contributed by atoms with van der Waals surface area (Å²) >= 11 is 0. The zero-order chi connectivity index (χ0) is 24.8. The fraction of sp³-hybridized carbons (Fsp3) is 1.00. The second-order valence-corrected chi connectivity index (χ2v) is 15.9. The van der Waals surface area contributed by atoms with Gasteiger partial charge in [0.15, 0.2) is 0 Å². The number of unbranched alkanes of at least 4 members (excludes halogenated alkanes) is 8. The van der Waals surface area contributed by atoms with Gasteiger partial charge in [-0.25, -0.2) is 0 Å². The Bertz CT molecular complexity index is 351. The van der Waals surface area contributed by atoms with E-state index >= 15 is 0 Å². The van der Waals surface area contributed by atoms with Gasteiger partial charge in [-0.15, -0.1) is 0 Å². The van der Waals surface area contributed by atoms with Crippen LogP contribution >= 0.6 is 7.26 Å². The minimum atomic E-state index is -0.890. The summed E-state index contributed by atoms with van der Waals surface area (Å²) in [5, 5.41) is 0. The molecule has 0 aliphatic heterocycles. The van der Waals surface area contributed by atoms with Crippen LogP contribution in [-0.4, -0.2) is 24.6 Å². The Kier molecular flexibility index (Phi) is 27.9. The smallest absolute Gasteiger partial charge is 0.0622 e. The summed E-state index contributed by atoms with van der Waals surface area (Å²) < 4.78 is 0. The highest BCUT2D eigenvalue weighted by atomic mass is 79.9. The first-order chi connectivity index (χ1) is 16.0. The van der Waals surface area contributed by atoms with Crippen LogP contribution < -0.4 is 17.0 Å². The summed E-state index contributed by atoms with van der Waals surface area (Å²) in [6, 6.07) is 0.